The summed E-state index contributed by atoms with van der Waals surface area (Å²) in [6.07, 6.45) is 3.02. The Labute approximate surface area is 157 Å². The number of anilines is 1. The van der Waals surface area contributed by atoms with Crippen LogP contribution in [-0.4, -0.2) is 49.2 Å². The summed E-state index contributed by atoms with van der Waals surface area (Å²) in [5, 5.41) is 2.22. The molecule has 0 aromatic heterocycles. The van der Waals surface area contributed by atoms with Crippen molar-refractivity contribution in [3.8, 4) is 0 Å². The molecule has 0 saturated carbocycles. The highest BCUT2D eigenvalue weighted by Crippen LogP contribution is 2.26. The number of nitrogens with zero attached hydrogens (tertiary/aromatic N) is 1. The number of hydrogen-bond acceptors (Lipinski definition) is 4. The van der Waals surface area contributed by atoms with Gasteiger partial charge in [-0.25, -0.2) is 8.42 Å². The number of benzene rings is 1. The first-order chi connectivity index (χ1) is 11.6. The van der Waals surface area contributed by atoms with Crippen LogP contribution in [0, 0.1) is 0 Å². The maximum Gasteiger partial charge on any atom is 0.247 e. The largest absolute Gasteiger partial charge is 0.330 e. The molecule has 0 spiro atoms. The number of carbonyl (C=O) groups excluding carboxylic acids is 2. The molecule has 6 nitrogen and oxygen atoms in total. The maximum atomic E-state index is 12.6. The van der Waals surface area contributed by atoms with Crippen molar-refractivity contribution in [3.63, 3.8) is 0 Å². The Morgan fingerprint density at radius 3 is 2.52 bits per heavy atom. The van der Waals surface area contributed by atoms with Gasteiger partial charge in [0.15, 0.2) is 9.84 Å². The van der Waals surface area contributed by atoms with Crippen molar-refractivity contribution in [2.24, 2.45) is 0 Å². The molecule has 138 valence electrons. The van der Waals surface area contributed by atoms with Crippen LogP contribution in [0.25, 0.3) is 0 Å². The van der Waals surface area contributed by atoms with Crippen LogP contribution in [0.2, 0.25) is 10.0 Å². The van der Waals surface area contributed by atoms with Crippen LogP contribution < -0.4 is 5.32 Å². The van der Waals surface area contributed by atoms with Gasteiger partial charge in [0.05, 0.1) is 10.0 Å². The monoisotopic (exact) mass is 406 g/mol. The Morgan fingerprint density at radius 1 is 1.24 bits per heavy atom. The molecule has 1 aliphatic heterocycles. The van der Waals surface area contributed by atoms with Gasteiger partial charge in [-0.1, -0.05) is 23.2 Å². The number of sulfone groups is 1. The summed E-state index contributed by atoms with van der Waals surface area (Å²) < 4.78 is 23.4. The second-order valence-corrected chi connectivity index (χ2v) is 9.31. The lowest BCUT2D eigenvalue weighted by Crippen LogP contribution is -2.53. The first kappa shape index (κ1) is 20.0. The molecule has 0 bridgehead atoms. The summed E-state index contributed by atoms with van der Waals surface area (Å²) >= 11 is 11.8. The molecule has 1 saturated heterocycles. The van der Waals surface area contributed by atoms with Crippen molar-refractivity contribution >= 4 is 50.5 Å². The van der Waals surface area contributed by atoms with Gasteiger partial charge in [0, 0.05) is 18.5 Å². The minimum absolute atomic E-state index is 0.307. The van der Waals surface area contributed by atoms with Crippen LogP contribution in [0.15, 0.2) is 18.2 Å². The summed E-state index contributed by atoms with van der Waals surface area (Å²) in [5.74, 6) is -0.913. The Hall–Kier alpha value is -1.31. The zero-order chi connectivity index (χ0) is 18.8. The molecule has 1 N–H and O–H groups in total. The summed E-state index contributed by atoms with van der Waals surface area (Å²) in [4.78, 5) is 26.5. The third kappa shape index (κ3) is 4.86. The van der Waals surface area contributed by atoms with Crippen LogP contribution in [-0.2, 0) is 19.4 Å². The van der Waals surface area contributed by atoms with Crippen LogP contribution in [0.5, 0.6) is 0 Å². The Morgan fingerprint density at radius 2 is 1.92 bits per heavy atom. The van der Waals surface area contributed by atoms with E-state index in [-0.39, 0.29) is 5.91 Å². The minimum Gasteiger partial charge on any atom is -0.330 e. The SMILES string of the molecule is CC(C(=O)N1CCCCC1C(=O)Nc1ccc(Cl)c(Cl)c1)S(C)(=O)=O. The number of likely N-dealkylation sites (tertiary alicyclic amines) is 1. The topological polar surface area (TPSA) is 83.6 Å². The van der Waals surface area contributed by atoms with Crippen molar-refractivity contribution in [1.82, 2.24) is 4.90 Å². The molecule has 2 rings (SSSR count). The van der Waals surface area contributed by atoms with Crippen LogP contribution in [0.3, 0.4) is 0 Å². The van der Waals surface area contributed by atoms with Crippen LogP contribution >= 0.6 is 23.2 Å². The lowest BCUT2D eigenvalue weighted by molar-refractivity contribution is -0.139. The predicted molar refractivity (Wildman–Crippen MR) is 98.7 cm³/mol. The van der Waals surface area contributed by atoms with Crippen LogP contribution in [0.1, 0.15) is 26.2 Å². The van der Waals surface area contributed by atoms with Gasteiger partial charge in [-0.3, -0.25) is 9.59 Å². The zero-order valence-electron chi connectivity index (χ0n) is 14.0. The van der Waals surface area contributed by atoms with E-state index >= 15 is 0 Å². The molecule has 25 heavy (non-hydrogen) atoms. The van der Waals surface area contributed by atoms with Gasteiger partial charge in [0.25, 0.3) is 0 Å². The fourth-order valence-corrected chi connectivity index (χ4v) is 3.48. The highest BCUT2D eigenvalue weighted by Gasteiger charge is 2.37. The summed E-state index contributed by atoms with van der Waals surface area (Å²) in [6.45, 7) is 1.71. The number of rotatable bonds is 4. The quantitative estimate of drug-likeness (QED) is 0.832. The molecule has 0 radical (unpaired) electrons. The average Bonchev–Trinajstić information content (AvgIpc) is 2.56. The highest BCUT2D eigenvalue weighted by atomic mass is 35.5. The molecule has 2 unspecified atom stereocenters. The van der Waals surface area contributed by atoms with Crippen molar-refractivity contribution < 1.29 is 18.0 Å². The van der Waals surface area contributed by atoms with E-state index in [4.69, 9.17) is 23.2 Å². The third-order valence-corrected chi connectivity index (χ3v) is 6.49. The zero-order valence-corrected chi connectivity index (χ0v) is 16.3. The Balaban J connectivity index is 2.17. The van der Waals surface area contributed by atoms with Crippen LogP contribution in [0.4, 0.5) is 5.69 Å². The average molecular weight is 407 g/mol. The fraction of sp³-hybridized carbons (Fsp3) is 0.500. The number of hydrogen-bond donors (Lipinski definition) is 1. The van der Waals surface area contributed by atoms with Gasteiger partial charge in [-0.2, -0.15) is 0 Å². The number of carbonyl (C=O) groups is 2. The number of halogens is 2. The lowest BCUT2D eigenvalue weighted by Gasteiger charge is -2.36. The molecule has 1 aromatic carbocycles. The second-order valence-electron chi connectivity index (χ2n) is 6.13. The normalized spacial score (nSPS) is 19.4. The van der Waals surface area contributed by atoms with E-state index in [1.807, 2.05) is 0 Å². The molecular weight excluding hydrogens is 387 g/mol. The van der Waals surface area contributed by atoms with Gasteiger partial charge < -0.3 is 10.2 Å². The van der Waals surface area contributed by atoms with Crippen molar-refractivity contribution in [2.45, 2.75) is 37.5 Å². The van der Waals surface area contributed by atoms with Gasteiger partial charge in [0.2, 0.25) is 11.8 Å². The molecule has 9 heteroatoms. The van der Waals surface area contributed by atoms with E-state index in [0.29, 0.717) is 28.7 Å². The van der Waals surface area contributed by atoms with Crippen molar-refractivity contribution in [3.05, 3.63) is 28.2 Å². The van der Waals surface area contributed by atoms with E-state index in [2.05, 4.69) is 5.32 Å². The molecule has 1 aliphatic rings. The van der Waals surface area contributed by atoms with Gasteiger partial charge in [-0.05, 0) is 44.4 Å². The molecular formula is C16H20Cl2N2O4S. The summed E-state index contributed by atoms with van der Waals surface area (Å²) in [6, 6.07) is 3.99. The van der Waals surface area contributed by atoms with Gasteiger partial charge >= 0.3 is 0 Å². The standard InChI is InChI=1S/C16H20Cl2N2O4S/c1-10(25(2,23)24)16(22)20-8-4-3-5-14(20)15(21)19-11-6-7-12(17)13(18)9-11/h6-7,9-10,14H,3-5,8H2,1-2H3,(H,19,21). The summed E-state index contributed by atoms with van der Waals surface area (Å²) in [5.41, 5.74) is 0.466. The first-order valence-corrected chi connectivity index (χ1v) is 10.6. The van der Waals surface area contributed by atoms with E-state index in [9.17, 15) is 18.0 Å². The van der Waals surface area contributed by atoms with Crippen molar-refractivity contribution in [2.75, 3.05) is 18.1 Å². The lowest BCUT2D eigenvalue weighted by atomic mass is 10.0. The Kier molecular flexibility index (Phi) is 6.35. The van der Waals surface area contributed by atoms with E-state index < -0.39 is 27.0 Å². The van der Waals surface area contributed by atoms with Gasteiger partial charge in [-0.15, -0.1) is 0 Å². The Bertz CT molecular complexity index is 782. The summed E-state index contributed by atoms with van der Waals surface area (Å²) in [7, 11) is -3.52. The molecule has 2 atom stereocenters. The fourth-order valence-electron chi connectivity index (χ4n) is 2.68. The van der Waals surface area contributed by atoms with E-state index in [1.165, 1.54) is 17.9 Å². The second kappa shape index (κ2) is 7.93. The molecule has 2 amide bonds. The minimum atomic E-state index is -3.52. The molecule has 1 fully saturated rings. The van der Waals surface area contributed by atoms with E-state index in [1.54, 1.807) is 12.1 Å². The number of piperidine rings is 1. The van der Waals surface area contributed by atoms with Gasteiger partial charge in [0.1, 0.15) is 11.3 Å². The third-order valence-electron chi connectivity index (χ3n) is 4.27. The number of nitrogens with one attached hydrogen (secondary N) is 1. The molecule has 0 aliphatic carbocycles. The molecule has 1 heterocycles. The predicted octanol–water partition coefficient (Wildman–Crippen LogP) is 2.75. The maximum absolute atomic E-state index is 12.6. The number of amides is 2. The smallest absolute Gasteiger partial charge is 0.247 e. The van der Waals surface area contributed by atoms with E-state index in [0.717, 1.165) is 19.1 Å². The molecule has 1 aromatic rings. The first-order valence-electron chi connectivity index (χ1n) is 7.86. The highest BCUT2D eigenvalue weighted by molar-refractivity contribution is 7.92. The van der Waals surface area contributed by atoms with Crippen molar-refractivity contribution in [1.29, 1.82) is 0 Å².